The molecule has 1 aromatic carbocycles. The summed E-state index contributed by atoms with van der Waals surface area (Å²) in [6.45, 7) is 7.08. The third-order valence-corrected chi connectivity index (χ3v) is 5.51. The quantitative estimate of drug-likeness (QED) is 0.532. The maximum Gasteiger partial charge on any atom is 0.251 e. The molecular formula is C22H33N5O3. The molecule has 3 rings (SSSR count). The molecule has 2 aliphatic heterocycles. The van der Waals surface area contributed by atoms with E-state index >= 15 is 0 Å². The van der Waals surface area contributed by atoms with E-state index in [4.69, 9.17) is 9.73 Å². The van der Waals surface area contributed by atoms with Gasteiger partial charge in [-0.15, -0.1) is 0 Å². The summed E-state index contributed by atoms with van der Waals surface area (Å²) in [5, 5.41) is 6.01. The summed E-state index contributed by atoms with van der Waals surface area (Å²) >= 11 is 0. The van der Waals surface area contributed by atoms with Gasteiger partial charge in [-0.1, -0.05) is 12.1 Å². The van der Waals surface area contributed by atoms with Crippen LogP contribution in [0.15, 0.2) is 29.3 Å². The van der Waals surface area contributed by atoms with Crippen LogP contribution in [0.1, 0.15) is 35.7 Å². The number of piperazine rings is 1. The topological polar surface area (TPSA) is 86.3 Å². The summed E-state index contributed by atoms with van der Waals surface area (Å²) in [6.07, 6.45) is 2.32. The smallest absolute Gasteiger partial charge is 0.251 e. The van der Waals surface area contributed by atoms with Gasteiger partial charge in [0.15, 0.2) is 5.96 Å². The summed E-state index contributed by atoms with van der Waals surface area (Å²) < 4.78 is 5.54. The monoisotopic (exact) mass is 415 g/mol. The van der Waals surface area contributed by atoms with E-state index in [2.05, 4.69) is 22.5 Å². The van der Waals surface area contributed by atoms with E-state index in [1.165, 1.54) is 0 Å². The molecule has 2 heterocycles. The van der Waals surface area contributed by atoms with Gasteiger partial charge in [-0.3, -0.25) is 14.6 Å². The minimum Gasteiger partial charge on any atom is -0.368 e. The number of ether oxygens (including phenoxy) is 1. The molecule has 2 saturated heterocycles. The number of carbonyl (C=O) groups excluding carboxylic acids is 2. The van der Waals surface area contributed by atoms with Crippen molar-refractivity contribution < 1.29 is 14.3 Å². The number of hydrogen-bond acceptors (Lipinski definition) is 4. The first-order valence-corrected chi connectivity index (χ1v) is 10.9. The van der Waals surface area contributed by atoms with Crippen LogP contribution in [0.25, 0.3) is 0 Å². The van der Waals surface area contributed by atoms with Crippen molar-refractivity contribution in [2.75, 3.05) is 52.9 Å². The van der Waals surface area contributed by atoms with Crippen molar-refractivity contribution in [2.24, 2.45) is 4.99 Å². The Hall–Kier alpha value is -2.61. The molecule has 2 amide bonds. The molecule has 0 saturated carbocycles. The van der Waals surface area contributed by atoms with Crippen molar-refractivity contribution in [3.63, 3.8) is 0 Å². The molecule has 1 aromatic rings. The van der Waals surface area contributed by atoms with Crippen molar-refractivity contribution in [3.05, 3.63) is 35.4 Å². The van der Waals surface area contributed by atoms with Gasteiger partial charge >= 0.3 is 0 Å². The fraction of sp³-hybridized carbons (Fsp3) is 0.591. The summed E-state index contributed by atoms with van der Waals surface area (Å²) in [6, 6.07) is 7.65. The average molecular weight is 416 g/mol. The molecule has 0 aromatic heterocycles. The fourth-order valence-electron chi connectivity index (χ4n) is 3.84. The lowest BCUT2D eigenvalue weighted by molar-refractivity contribution is -0.142. The Labute approximate surface area is 178 Å². The predicted molar refractivity (Wildman–Crippen MR) is 117 cm³/mol. The van der Waals surface area contributed by atoms with Crippen LogP contribution in [-0.2, 0) is 16.0 Å². The Morgan fingerprint density at radius 1 is 1.20 bits per heavy atom. The largest absolute Gasteiger partial charge is 0.368 e. The molecule has 1 unspecified atom stereocenters. The van der Waals surface area contributed by atoms with Crippen LogP contribution in [0.5, 0.6) is 0 Å². The second-order valence-electron chi connectivity index (χ2n) is 7.58. The van der Waals surface area contributed by atoms with Gasteiger partial charge in [0.1, 0.15) is 6.10 Å². The Kier molecular flexibility index (Phi) is 8.07. The van der Waals surface area contributed by atoms with Crippen molar-refractivity contribution in [2.45, 2.75) is 32.3 Å². The Balaban J connectivity index is 1.53. The molecule has 2 aliphatic rings. The molecule has 0 radical (unpaired) electrons. The molecule has 2 fully saturated rings. The first-order chi connectivity index (χ1) is 14.6. The van der Waals surface area contributed by atoms with E-state index in [1.54, 1.807) is 7.05 Å². The van der Waals surface area contributed by atoms with Gasteiger partial charge in [0.25, 0.3) is 11.8 Å². The highest BCUT2D eigenvalue weighted by Crippen LogP contribution is 2.16. The molecule has 1 atom stereocenters. The number of guanidine groups is 1. The second kappa shape index (κ2) is 11.0. The number of nitrogens with one attached hydrogen (secondary N) is 2. The molecule has 0 bridgehead atoms. The van der Waals surface area contributed by atoms with Crippen molar-refractivity contribution in [1.82, 2.24) is 20.4 Å². The van der Waals surface area contributed by atoms with Gasteiger partial charge in [-0.2, -0.15) is 0 Å². The molecular weight excluding hydrogens is 382 g/mol. The van der Waals surface area contributed by atoms with Crippen molar-refractivity contribution in [3.8, 4) is 0 Å². The molecule has 0 spiro atoms. The first kappa shape index (κ1) is 22.1. The van der Waals surface area contributed by atoms with Gasteiger partial charge in [0.05, 0.1) is 0 Å². The zero-order valence-corrected chi connectivity index (χ0v) is 18.0. The summed E-state index contributed by atoms with van der Waals surface area (Å²) in [5.74, 6) is 0.929. The van der Waals surface area contributed by atoms with Gasteiger partial charge in [-0.25, -0.2) is 0 Å². The van der Waals surface area contributed by atoms with Crippen molar-refractivity contribution >= 4 is 17.8 Å². The Bertz CT molecular complexity index is 753. The van der Waals surface area contributed by atoms with Crippen LogP contribution >= 0.6 is 0 Å². The highest BCUT2D eigenvalue weighted by Gasteiger charge is 2.30. The number of rotatable bonds is 6. The van der Waals surface area contributed by atoms with E-state index in [0.717, 1.165) is 50.4 Å². The average Bonchev–Trinajstić information content (AvgIpc) is 3.33. The zero-order valence-electron chi connectivity index (χ0n) is 18.0. The molecule has 2 N–H and O–H groups in total. The van der Waals surface area contributed by atoms with Gasteiger partial charge in [-0.05, 0) is 43.9 Å². The molecule has 164 valence electrons. The predicted octanol–water partition coefficient (Wildman–Crippen LogP) is 0.877. The van der Waals surface area contributed by atoms with Crippen molar-refractivity contribution in [1.29, 1.82) is 0 Å². The third-order valence-electron chi connectivity index (χ3n) is 5.51. The zero-order chi connectivity index (χ0) is 21.3. The van der Waals surface area contributed by atoms with E-state index in [1.807, 2.05) is 29.2 Å². The molecule has 30 heavy (non-hydrogen) atoms. The molecule has 0 aliphatic carbocycles. The van der Waals surface area contributed by atoms with Crippen LogP contribution < -0.4 is 10.6 Å². The van der Waals surface area contributed by atoms with Crippen LogP contribution in [0, 0.1) is 0 Å². The molecule has 8 nitrogen and oxygen atoms in total. The minimum absolute atomic E-state index is 0.0795. The number of benzene rings is 1. The SMILES string of the molecule is CCNC(=NCCc1cccc(C(=O)NC)c1)N1CCN(C(=O)C2CCCO2)CC1. The van der Waals surface area contributed by atoms with Gasteiger partial charge in [0.2, 0.25) is 0 Å². The van der Waals surface area contributed by atoms with Crippen LogP contribution in [-0.4, -0.2) is 86.6 Å². The molecule has 8 heteroatoms. The van der Waals surface area contributed by atoms with Crippen LogP contribution in [0.2, 0.25) is 0 Å². The number of hydrogen-bond donors (Lipinski definition) is 2. The van der Waals surface area contributed by atoms with Crippen LogP contribution in [0.4, 0.5) is 0 Å². The maximum absolute atomic E-state index is 12.5. The van der Waals surface area contributed by atoms with Gasteiger partial charge in [0, 0.05) is 58.5 Å². The number of carbonyl (C=O) groups is 2. The van der Waals surface area contributed by atoms with Crippen LogP contribution in [0.3, 0.4) is 0 Å². The number of aliphatic imine (C=N–C) groups is 1. The minimum atomic E-state index is -0.246. The van der Waals surface area contributed by atoms with Gasteiger partial charge < -0.3 is 25.2 Å². The Morgan fingerprint density at radius 3 is 2.63 bits per heavy atom. The first-order valence-electron chi connectivity index (χ1n) is 10.9. The standard InChI is InChI=1S/C22H33N5O3/c1-3-24-22(25-10-9-17-6-4-7-18(16-17)20(28)23-2)27-13-11-26(12-14-27)21(29)19-8-5-15-30-19/h4,6-7,16,19H,3,5,8-15H2,1-2H3,(H,23,28)(H,24,25). The number of amides is 2. The van der Waals surface area contributed by atoms with E-state index < -0.39 is 0 Å². The number of nitrogens with zero attached hydrogens (tertiary/aromatic N) is 3. The highest BCUT2D eigenvalue weighted by molar-refractivity contribution is 5.94. The highest BCUT2D eigenvalue weighted by atomic mass is 16.5. The fourth-order valence-corrected chi connectivity index (χ4v) is 3.84. The van der Waals surface area contributed by atoms with E-state index in [9.17, 15) is 9.59 Å². The summed E-state index contributed by atoms with van der Waals surface area (Å²) in [4.78, 5) is 33.2. The summed E-state index contributed by atoms with van der Waals surface area (Å²) in [5.41, 5.74) is 1.75. The van der Waals surface area contributed by atoms with E-state index in [-0.39, 0.29) is 17.9 Å². The second-order valence-corrected chi connectivity index (χ2v) is 7.58. The lowest BCUT2D eigenvalue weighted by Crippen LogP contribution is -2.55. The summed E-state index contributed by atoms with van der Waals surface area (Å²) in [7, 11) is 1.64. The third kappa shape index (κ3) is 5.72. The lowest BCUT2D eigenvalue weighted by atomic mass is 10.1. The van der Waals surface area contributed by atoms with E-state index in [0.29, 0.717) is 31.8 Å². The maximum atomic E-state index is 12.5. The normalized spacial score (nSPS) is 19.7. The lowest BCUT2D eigenvalue weighted by Gasteiger charge is -2.37. The Morgan fingerprint density at radius 2 is 1.97 bits per heavy atom.